The summed E-state index contributed by atoms with van der Waals surface area (Å²) in [6.07, 6.45) is 5.45. The van der Waals surface area contributed by atoms with E-state index < -0.39 is 0 Å². The van der Waals surface area contributed by atoms with Crippen molar-refractivity contribution in [2.24, 2.45) is 0 Å². The normalized spacial score (nSPS) is 25.2. The summed E-state index contributed by atoms with van der Waals surface area (Å²) in [5.74, 6) is 0.930. The molecule has 4 rings (SSSR count). The van der Waals surface area contributed by atoms with Crippen molar-refractivity contribution in [2.75, 3.05) is 12.5 Å². The van der Waals surface area contributed by atoms with Crippen LogP contribution in [-0.2, 0) is 4.79 Å². The zero-order valence-electron chi connectivity index (χ0n) is 14.6. The molecule has 1 saturated heterocycles. The second kappa shape index (κ2) is 6.86. The van der Waals surface area contributed by atoms with Crippen molar-refractivity contribution in [3.8, 4) is 6.07 Å². The van der Waals surface area contributed by atoms with Crippen LogP contribution in [0.1, 0.15) is 49.1 Å². The lowest BCUT2D eigenvalue weighted by Crippen LogP contribution is -2.50. The predicted molar refractivity (Wildman–Crippen MR) is 99.4 cm³/mol. The van der Waals surface area contributed by atoms with E-state index in [-0.39, 0.29) is 11.8 Å². The molecule has 3 aliphatic rings. The minimum absolute atomic E-state index is 0.102. The third kappa shape index (κ3) is 3.09. The quantitative estimate of drug-likeness (QED) is 0.808. The van der Waals surface area contributed by atoms with Crippen molar-refractivity contribution in [1.29, 1.82) is 5.26 Å². The summed E-state index contributed by atoms with van der Waals surface area (Å²) >= 11 is 1.67. The molecule has 1 aliphatic carbocycles. The molecule has 1 amide bonds. The highest BCUT2D eigenvalue weighted by molar-refractivity contribution is 8.03. The van der Waals surface area contributed by atoms with Crippen molar-refractivity contribution in [3.63, 3.8) is 0 Å². The number of hydrogen-bond acceptors (Lipinski definition) is 4. The minimum Gasteiger partial charge on any atom is -0.292 e. The first kappa shape index (κ1) is 16.7. The lowest BCUT2D eigenvalue weighted by molar-refractivity contribution is -0.132. The predicted octanol–water partition coefficient (Wildman–Crippen LogP) is 3.95. The molecule has 0 spiro atoms. The number of hydrogen-bond donors (Lipinski definition) is 0. The number of rotatable bonds is 2. The van der Waals surface area contributed by atoms with Gasteiger partial charge in [-0.2, -0.15) is 5.26 Å². The van der Waals surface area contributed by atoms with Crippen LogP contribution in [0.15, 0.2) is 34.9 Å². The number of nitriles is 1. The molecule has 0 N–H and O–H groups in total. The van der Waals surface area contributed by atoms with E-state index in [4.69, 9.17) is 0 Å². The van der Waals surface area contributed by atoms with E-state index in [2.05, 4.69) is 42.2 Å². The van der Waals surface area contributed by atoms with Crippen LogP contribution in [0.25, 0.3) is 0 Å². The van der Waals surface area contributed by atoms with E-state index in [1.807, 2.05) is 4.90 Å². The Morgan fingerprint density at radius 1 is 1.20 bits per heavy atom. The summed E-state index contributed by atoms with van der Waals surface area (Å²) in [5, 5.41) is 10.7. The highest BCUT2D eigenvalue weighted by Gasteiger charge is 2.39. The fourth-order valence-corrected chi connectivity index (χ4v) is 5.40. The first-order chi connectivity index (χ1) is 12.2. The maximum absolute atomic E-state index is 12.8. The molecule has 2 heterocycles. The fraction of sp³-hybridized carbons (Fsp3) is 0.500. The zero-order valence-corrected chi connectivity index (χ0v) is 15.4. The number of benzene rings is 1. The smallest absolute Gasteiger partial charge is 0.229 e. The van der Waals surface area contributed by atoms with Gasteiger partial charge in [-0.3, -0.25) is 14.6 Å². The lowest BCUT2D eigenvalue weighted by Gasteiger charge is -2.43. The SMILES string of the molecule is Cc1ccc([C@H]2CC(=O)N3CN(C4CCCC4)CSC3=C2C#N)cc1. The first-order valence-electron chi connectivity index (χ1n) is 9.05. The van der Waals surface area contributed by atoms with Gasteiger partial charge < -0.3 is 0 Å². The Kier molecular flexibility index (Phi) is 4.58. The van der Waals surface area contributed by atoms with Crippen LogP contribution in [0, 0.1) is 18.3 Å². The van der Waals surface area contributed by atoms with Crippen molar-refractivity contribution in [2.45, 2.75) is 51.0 Å². The Hall–Kier alpha value is -1.77. The number of amides is 1. The highest BCUT2D eigenvalue weighted by Crippen LogP contribution is 2.43. The second-order valence-electron chi connectivity index (χ2n) is 7.26. The number of thioether (sulfide) groups is 1. The molecule has 1 atom stereocenters. The molecule has 130 valence electrons. The summed E-state index contributed by atoms with van der Waals surface area (Å²) in [6.45, 7) is 2.70. The minimum atomic E-state index is -0.102. The molecule has 4 nitrogen and oxygen atoms in total. The maximum atomic E-state index is 12.8. The van der Waals surface area contributed by atoms with Gasteiger partial charge in [0.25, 0.3) is 0 Å². The van der Waals surface area contributed by atoms with Gasteiger partial charge in [-0.05, 0) is 25.3 Å². The fourth-order valence-electron chi connectivity index (χ4n) is 4.16. The standard InChI is InChI=1S/C20H23N3OS/c1-14-6-8-15(9-7-14)17-10-19(24)23-12-22(16-4-2-3-5-16)13-25-20(23)18(17)11-21/h6-9,16-17H,2-5,10,12-13H2,1H3/t17-/m1/s1. The first-order valence-corrected chi connectivity index (χ1v) is 10.0. The van der Waals surface area contributed by atoms with Crippen LogP contribution in [0.2, 0.25) is 0 Å². The Bertz CT molecular complexity index is 743. The summed E-state index contributed by atoms with van der Waals surface area (Å²) in [4.78, 5) is 17.1. The van der Waals surface area contributed by atoms with Gasteiger partial charge >= 0.3 is 0 Å². The van der Waals surface area contributed by atoms with Gasteiger partial charge in [0.05, 0.1) is 29.2 Å². The number of carbonyl (C=O) groups excluding carboxylic acids is 1. The van der Waals surface area contributed by atoms with Crippen LogP contribution >= 0.6 is 11.8 Å². The molecule has 0 radical (unpaired) electrons. The van der Waals surface area contributed by atoms with E-state index in [9.17, 15) is 10.1 Å². The van der Waals surface area contributed by atoms with Gasteiger partial charge in [0, 0.05) is 18.4 Å². The lowest BCUT2D eigenvalue weighted by atomic mass is 9.86. The maximum Gasteiger partial charge on any atom is 0.229 e. The largest absolute Gasteiger partial charge is 0.292 e. The van der Waals surface area contributed by atoms with Gasteiger partial charge in [-0.25, -0.2) is 0 Å². The van der Waals surface area contributed by atoms with Gasteiger partial charge in [0.15, 0.2) is 0 Å². The van der Waals surface area contributed by atoms with Crippen LogP contribution in [0.4, 0.5) is 0 Å². The number of fused-ring (bicyclic) bond motifs is 1. The summed E-state index contributed by atoms with van der Waals surface area (Å²) in [6, 6.07) is 11.2. The summed E-state index contributed by atoms with van der Waals surface area (Å²) < 4.78 is 0. The Labute approximate surface area is 153 Å². The molecule has 1 aromatic rings. The molecule has 5 heteroatoms. The van der Waals surface area contributed by atoms with Gasteiger partial charge in [0.1, 0.15) is 0 Å². The Balaban J connectivity index is 1.63. The van der Waals surface area contributed by atoms with E-state index in [0.29, 0.717) is 19.1 Å². The molecule has 25 heavy (non-hydrogen) atoms. The zero-order chi connectivity index (χ0) is 17.4. The number of allylic oxidation sites excluding steroid dienone is 1. The molecule has 2 aliphatic heterocycles. The topological polar surface area (TPSA) is 47.3 Å². The van der Waals surface area contributed by atoms with Crippen LogP contribution in [-0.4, -0.2) is 34.3 Å². The third-order valence-electron chi connectivity index (χ3n) is 5.64. The van der Waals surface area contributed by atoms with Gasteiger partial charge in [0.2, 0.25) is 5.91 Å². The van der Waals surface area contributed by atoms with E-state index in [0.717, 1.165) is 22.0 Å². The van der Waals surface area contributed by atoms with E-state index in [1.54, 1.807) is 11.8 Å². The average molecular weight is 353 g/mol. The second-order valence-corrected chi connectivity index (χ2v) is 8.20. The van der Waals surface area contributed by atoms with E-state index in [1.165, 1.54) is 31.2 Å². The molecular weight excluding hydrogens is 330 g/mol. The summed E-state index contributed by atoms with van der Waals surface area (Å²) in [7, 11) is 0. The van der Waals surface area contributed by atoms with E-state index >= 15 is 0 Å². The molecule has 0 unspecified atom stereocenters. The van der Waals surface area contributed by atoms with Crippen molar-refractivity contribution in [1.82, 2.24) is 9.80 Å². The molecule has 0 aromatic heterocycles. The Morgan fingerprint density at radius 3 is 2.60 bits per heavy atom. The molecule has 0 bridgehead atoms. The molecule has 2 fully saturated rings. The van der Waals surface area contributed by atoms with Crippen molar-refractivity contribution in [3.05, 3.63) is 46.0 Å². The number of aryl methyl sites for hydroxylation is 1. The average Bonchev–Trinajstić information content (AvgIpc) is 3.17. The van der Waals surface area contributed by atoms with Gasteiger partial charge in [-0.1, -0.05) is 54.4 Å². The van der Waals surface area contributed by atoms with Crippen molar-refractivity contribution < 1.29 is 4.79 Å². The molecular formula is C20H23N3OS. The number of nitrogens with zero attached hydrogens (tertiary/aromatic N) is 3. The summed E-state index contributed by atoms with van der Waals surface area (Å²) in [5.41, 5.74) is 3.03. The molecule has 1 saturated carbocycles. The number of carbonyl (C=O) groups is 1. The molecule has 1 aromatic carbocycles. The monoisotopic (exact) mass is 353 g/mol. The van der Waals surface area contributed by atoms with Crippen molar-refractivity contribution >= 4 is 17.7 Å². The van der Waals surface area contributed by atoms with Crippen LogP contribution in [0.3, 0.4) is 0 Å². The van der Waals surface area contributed by atoms with Crippen LogP contribution in [0.5, 0.6) is 0 Å². The van der Waals surface area contributed by atoms with Gasteiger partial charge in [-0.15, -0.1) is 0 Å². The Morgan fingerprint density at radius 2 is 1.92 bits per heavy atom. The third-order valence-corrected chi connectivity index (χ3v) is 6.81. The van der Waals surface area contributed by atoms with Crippen LogP contribution < -0.4 is 0 Å². The highest BCUT2D eigenvalue weighted by atomic mass is 32.2.